The van der Waals surface area contributed by atoms with E-state index < -0.39 is 0 Å². The van der Waals surface area contributed by atoms with Crippen LogP contribution >= 0.6 is 11.6 Å². The lowest BCUT2D eigenvalue weighted by Crippen LogP contribution is -1.99. The van der Waals surface area contributed by atoms with Gasteiger partial charge in [0.2, 0.25) is 0 Å². The van der Waals surface area contributed by atoms with Crippen LogP contribution in [0, 0.1) is 6.92 Å². The van der Waals surface area contributed by atoms with Gasteiger partial charge >= 0.3 is 0 Å². The Morgan fingerprint density at radius 1 is 1.28 bits per heavy atom. The molecule has 0 fully saturated rings. The number of aromatic nitrogens is 2. The molecule has 2 rings (SSSR count). The molecule has 0 aliphatic carbocycles. The SMILES string of the molecule is CCOc1ccc(Cl)cc1-c1cnn(CC)c1C. The van der Waals surface area contributed by atoms with Crippen molar-refractivity contribution in [1.82, 2.24) is 9.78 Å². The van der Waals surface area contributed by atoms with E-state index in [0.29, 0.717) is 11.6 Å². The molecule has 3 nitrogen and oxygen atoms in total. The van der Waals surface area contributed by atoms with Crippen LogP contribution in [0.3, 0.4) is 0 Å². The molecule has 0 N–H and O–H groups in total. The zero-order valence-corrected chi connectivity index (χ0v) is 11.7. The molecule has 0 spiro atoms. The summed E-state index contributed by atoms with van der Waals surface area (Å²) < 4.78 is 7.61. The van der Waals surface area contributed by atoms with Crippen LogP contribution in [0.25, 0.3) is 11.1 Å². The topological polar surface area (TPSA) is 27.1 Å². The van der Waals surface area contributed by atoms with Gasteiger partial charge < -0.3 is 4.74 Å². The molecule has 0 bridgehead atoms. The molecule has 0 atom stereocenters. The molecule has 0 saturated carbocycles. The standard InChI is InChI=1S/C14H17ClN2O/c1-4-17-10(3)13(9-16-17)12-8-11(15)6-7-14(12)18-5-2/h6-9H,4-5H2,1-3H3. The van der Waals surface area contributed by atoms with Crippen molar-refractivity contribution in [3.63, 3.8) is 0 Å². The van der Waals surface area contributed by atoms with Gasteiger partial charge in [0.1, 0.15) is 5.75 Å². The molecule has 1 aromatic carbocycles. The van der Waals surface area contributed by atoms with E-state index in [1.807, 2.05) is 36.0 Å². The summed E-state index contributed by atoms with van der Waals surface area (Å²) >= 11 is 6.08. The summed E-state index contributed by atoms with van der Waals surface area (Å²) in [5.74, 6) is 0.848. The molecule has 0 aliphatic rings. The van der Waals surface area contributed by atoms with Crippen LogP contribution in [0.2, 0.25) is 5.02 Å². The Morgan fingerprint density at radius 2 is 2.06 bits per heavy atom. The predicted octanol–water partition coefficient (Wildman–Crippen LogP) is 3.93. The maximum Gasteiger partial charge on any atom is 0.127 e. The van der Waals surface area contributed by atoms with E-state index >= 15 is 0 Å². The number of ether oxygens (including phenoxy) is 1. The minimum atomic E-state index is 0.635. The Hall–Kier alpha value is -1.48. The van der Waals surface area contributed by atoms with Gasteiger partial charge in [-0.15, -0.1) is 0 Å². The molecule has 2 aromatic rings. The lowest BCUT2D eigenvalue weighted by molar-refractivity contribution is 0.341. The Morgan fingerprint density at radius 3 is 2.67 bits per heavy atom. The van der Waals surface area contributed by atoms with Crippen LogP contribution in [0.4, 0.5) is 0 Å². The summed E-state index contributed by atoms with van der Waals surface area (Å²) in [5, 5.41) is 5.07. The maximum atomic E-state index is 6.08. The first-order valence-electron chi connectivity index (χ1n) is 6.12. The quantitative estimate of drug-likeness (QED) is 0.837. The molecule has 1 aromatic heterocycles. The Kier molecular flexibility index (Phi) is 3.92. The molecule has 0 radical (unpaired) electrons. The molecular weight excluding hydrogens is 248 g/mol. The Bertz CT molecular complexity index is 549. The average Bonchev–Trinajstić information content (AvgIpc) is 2.73. The molecule has 0 amide bonds. The third kappa shape index (κ3) is 2.36. The fraction of sp³-hybridized carbons (Fsp3) is 0.357. The molecular formula is C14H17ClN2O. The summed E-state index contributed by atoms with van der Waals surface area (Å²) in [6, 6.07) is 5.68. The Balaban J connectivity index is 2.54. The molecule has 4 heteroatoms. The van der Waals surface area contributed by atoms with E-state index in [4.69, 9.17) is 16.3 Å². The molecule has 96 valence electrons. The van der Waals surface area contributed by atoms with Gasteiger partial charge in [-0.25, -0.2) is 0 Å². The number of hydrogen-bond acceptors (Lipinski definition) is 2. The highest BCUT2D eigenvalue weighted by atomic mass is 35.5. The van der Waals surface area contributed by atoms with Gasteiger partial charge in [0.15, 0.2) is 0 Å². The van der Waals surface area contributed by atoms with Crippen molar-refractivity contribution >= 4 is 11.6 Å². The van der Waals surface area contributed by atoms with Gasteiger partial charge in [0.25, 0.3) is 0 Å². The molecule has 18 heavy (non-hydrogen) atoms. The van der Waals surface area contributed by atoms with Crippen LogP contribution in [0.15, 0.2) is 24.4 Å². The number of benzene rings is 1. The minimum Gasteiger partial charge on any atom is -0.493 e. The normalized spacial score (nSPS) is 10.7. The molecule has 0 unspecified atom stereocenters. The zero-order chi connectivity index (χ0) is 13.1. The number of nitrogens with zero attached hydrogens (tertiary/aromatic N) is 2. The highest BCUT2D eigenvalue weighted by Gasteiger charge is 2.13. The van der Waals surface area contributed by atoms with Gasteiger partial charge in [-0.1, -0.05) is 11.6 Å². The number of halogens is 1. The van der Waals surface area contributed by atoms with E-state index in [1.54, 1.807) is 0 Å². The largest absolute Gasteiger partial charge is 0.493 e. The number of hydrogen-bond donors (Lipinski definition) is 0. The van der Waals surface area contributed by atoms with Crippen molar-refractivity contribution in [2.75, 3.05) is 6.61 Å². The van der Waals surface area contributed by atoms with Crippen LogP contribution in [0.1, 0.15) is 19.5 Å². The summed E-state index contributed by atoms with van der Waals surface area (Å²) in [7, 11) is 0. The van der Waals surface area contributed by atoms with E-state index in [-0.39, 0.29) is 0 Å². The third-order valence-corrected chi connectivity index (χ3v) is 3.17. The lowest BCUT2D eigenvalue weighted by Gasteiger charge is -2.10. The van der Waals surface area contributed by atoms with Crippen LogP contribution in [-0.4, -0.2) is 16.4 Å². The molecule has 0 saturated heterocycles. The highest BCUT2D eigenvalue weighted by molar-refractivity contribution is 6.31. The third-order valence-electron chi connectivity index (χ3n) is 2.93. The molecule has 0 aliphatic heterocycles. The second kappa shape index (κ2) is 5.44. The van der Waals surface area contributed by atoms with Gasteiger partial charge in [0.05, 0.1) is 12.8 Å². The van der Waals surface area contributed by atoms with Crippen LogP contribution in [-0.2, 0) is 6.54 Å². The first-order chi connectivity index (χ1) is 8.67. The van der Waals surface area contributed by atoms with Gasteiger partial charge in [-0.2, -0.15) is 5.10 Å². The van der Waals surface area contributed by atoms with E-state index in [0.717, 1.165) is 29.1 Å². The van der Waals surface area contributed by atoms with Crippen molar-refractivity contribution in [3.8, 4) is 16.9 Å². The van der Waals surface area contributed by atoms with Crippen molar-refractivity contribution < 1.29 is 4.74 Å². The van der Waals surface area contributed by atoms with E-state index in [2.05, 4.69) is 18.9 Å². The van der Waals surface area contributed by atoms with Gasteiger partial charge in [-0.3, -0.25) is 4.68 Å². The zero-order valence-electron chi connectivity index (χ0n) is 10.9. The second-order valence-corrected chi connectivity index (χ2v) is 4.47. The monoisotopic (exact) mass is 264 g/mol. The van der Waals surface area contributed by atoms with Gasteiger partial charge in [0, 0.05) is 28.4 Å². The number of rotatable bonds is 4. The lowest BCUT2D eigenvalue weighted by atomic mass is 10.1. The van der Waals surface area contributed by atoms with Crippen LogP contribution in [0.5, 0.6) is 5.75 Å². The Labute approximate surface area is 112 Å². The smallest absolute Gasteiger partial charge is 0.127 e. The summed E-state index contributed by atoms with van der Waals surface area (Å²) in [5.41, 5.74) is 3.20. The first-order valence-corrected chi connectivity index (χ1v) is 6.50. The summed E-state index contributed by atoms with van der Waals surface area (Å²) in [6.45, 7) is 7.60. The fourth-order valence-electron chi connectivity index (χ4n) is 2.02. The van der Waals surface area contributed by atoms with Gasteiger partial charge in [-0.05, 0) is 39.0 Å². The summed E-state index contributed by atoms with van der Waals surface area (Å²) in [6.07, 6.45) is 1.87. The summed E-state index contributed by atoms with van der Waals surface area (Å²) in [4.78, 5) is 0. The van der Waals surface area contributed by atoms with Crippen molar-refractivity contribution in [2.24, 2.45) is 0 Å². The van der Waals surface area contributed by atoms with Crippen molar-refractivity contribution in [1.29, 1.82) is 0 Å². The predicted molar refractivity (Wildman–Crippen MR) is 74.3 cm³/mol. The maximum absolute atomic E-state index is 6.08. The van der Waals surface area contributed by atoms with Crippen molar-refractivity contribution in [3.05, 3.63) is 35.1 Å². The minimum absolute atomic E-state index is 0.635. The average molecular weight is 265 g/mol. The highest BCUT2D eigenvalue weighted by Crippen LogP contribution is 2.34. The van der Waals surface area contributed by atoms with Crippen molar-refractivity contribution in [2.45, 2.75) is 27.3 Å². The first kappa shape index (κ1) is 13.0. The number of aryl methyl sites for hydroxylation is 1. The fourth-order valence-corrected chi connectivity index (χ4v) is 2.20. The van der Waals surface area contributed by atoms with Crippen LogP contribution < -0.4 is 4.74 Å². The molecule has 1 heterocycles. The van der Waals surface area contributed by atoms with E-state index in [1.165, 1.54) is 0 Å². The van der Waals surface area contributed by atoms with E-state index in [9.17, 15) is 0 Å². The second-order valence-electron chi connectivity index (χ2n) is 4.03.